The van der Waals surface area contributed by atoms with E-state index in [0.29, 0.717) is 22.4 Å². The monoisotopic (exact) mass is 353 g/mol. The van der Waals surface area contributed by atoms with Crippen LogP contribution in [-0.2, 0) is 11.2 Å². The van der Waals surface area contributed by atoms with Gasteiger partial charge in [0.1, 0.15) is 11.5 Å². The quantitative estimate of drug-likeness (QED) is 0.917. The van der Waals surface area contributed by atoms with Gasteiger partial charge in [0.25, 0.3) is 5.88 Å². The smallest absolute Gasteiger partial charge is 0.345 e. The van der Waals surface area contributed by atoms with Crippen molar-refractivity contribution in [2.45, 2.75) is 12.5 Å². The van der Waals surface area contributed by atoms with Gasteiger partial charge in [0.15, 0.2) is 11.9 Å². The van der Waals surface area contributed by atoms with Gasteiger partial charge in [-0.25, -0.2) is 14.2 Å². The van der Waals surface area contributed by atoms with E-state index in [-0.39, 0.29) is 5.88 Å². The van der Waals surface area contributed by atoms with Crippen LogP contribution in [0.2, 0.25) is 0 Å². The summed E-state index contributed by atoms with van der Waals surface area (Å²) in [5, 5.41) is 8.93. The van der Waals surface area contributed by atoms with Crippen molar-refractivity contribution in [3.63, 3.8) is 0 Å². The molecule has 7 heteroatoms. The van der Waals surface area contributed by atoms with Crippen LogP contribution in [0.3, 0.4) is 0 Å². The Morgan fingerprint density at radius 2 is 2.29 bits per heavy atom. The summed E-state index contributed by atoms with van der Waals surface area (Å²) in [6, 6.07) is 6.09. The van der Waals surface area contributed by atoms with Crippen molar-refractivity contribution in [3.05, 3.63) is 46.3 Å². The highest BCUT2D eigenvalue weighted by Crippen LogP contribution is 2.34. The van der Waals surface area contributed by atoms with Crippen molar-refractivity contribution in [2.24, 2.45) is 0 Å². The van der Waals surface area contributed by atoms with E-state index < -0.39 is 17.9 Å². The maximum atomic E-state index is 13.7. The molecule has 0 aliphatic carbocycles. The standard InChI is InChI=1S/C14H9BrFNO4/c15-8-4-10(16)13(17-6-8)20-9-2-1-7-3-12(14(18)19)21-11(7)5-9/h1-2,4-6,12H,3H2,(H,18,19). The average Bonchev–Trinajstić information content (AvgIpc) is 2.85. The van der Waals surface area contributed by atoms with Crippen LogP contribution >= 0.6 is 15.9 Å². The number of hydrogen-bond donors (Lipinski definition) is 1. The first kappa shape index (κ1) is 13.8. The zero-order valence-corrected chi connectivity index (χ0v) is 12.1. The third-order valence-electron chi connectivity index (χ3n) is 2.98. The highest BCUT2D eigenvalue weighted by molar-refractivity contribution is 9.10. The average molecular weight is 354 g/mol. The minimum absolute atomic E-state index is 0.161. The second-order valence-electron chi connectivity index (χ2n) is 4.46. The lowest BCUT2D eigenvalue weighted by atomic mass is 10.1. The lowest BCUT2D eigenvalue weighted by Crippen LogP contribution is -2.24. The van der Waals surface area contributed by atoms with Gasteiger partial charge in [0, 0.05) is 23.2 Å². The number of aliphatic carboxylic acids is 1. The van der Waals surface area contributed by atoms with E-state index in [2.05, 4.69) is 20.9 Å². The van der Waals surface area contributed by atoms with E-state index in [1.54, 1.807) is 12.1 Å². The number of pyridine rings is 1. The first-order valence-corrected chi connectivity index (χ1v) is 6.83. The molecule has 0 radical (unpaired) electrons. The molecule has 3 rings (SSSR count). The first-order valence-electron chi connectivity index (χ1n) is 6.04. The van der Waals surface area contributed by atoms with Crippen LogP contribution in [0.4, 0.5) is 4.39 Å². The molecule has 1 N–H and O–H groups in total. The lowest BCUT2D eigenvalue weighted by Gasteiger charge is -2.08. The summed E-state index contributed by atoms with van der Waals surface area (Å²) in [6.07, 6.45) is 0.830. The molecular weight excluding hydrogens is 345 g/mol. The number of hydrogen-bond acceptors (Lipinski definition) is 4. The number of halogens is 2. The van der Waals surface area contributed by atoms with Gasteiger partial charge in [-0.3, -0.25) is 0 Å². The van der Waals surface area contributed by atoms with E-state index in [0.717, 1.165) is 5.56 Å². The van der Waals surface area contributed by atoms with E-state index in [9.17, 15) is 9.18 Å². The van der Waals surface area contributed by atoms with Crippen LogP contribution in [0.15, 0.2) is 34.9 Å². The summed E-state index contributed by atoms with van der Waals surface area (Å²) in [5.41, 5.74) is 0.777. The molecule has 0 bridgehead atoms. The number of carboxylic acids is 1. The van der Waals surface area contributed by atoms with Crippen molar-refractivity contribution < 1.29 is 23.8 Å². The Hall–Kier alpha value is -2.15. The Kier molecular flexibility index (Phi) is 3.50. The van der Waals surface area contributed by atoms with E-state index in [4.69, 9.17) is 14.6 Å². The number of benzene rings is 1. The summed E-state index contributed by atoms with van der Waals surface area (Å²) in [7, 11) is 0. The fourth-order valence-electron chi connectivity index (χ4n) is 2.00. The highest BCUT2D eigenvalue weighted by Gasteiger charge is 2.29. The van der Waals surface area contributed by atoms with Crippen LogP contribution < -0.4 is 9.47 Å². The van der Waals surface area contributed by atoms with Crippen LogP contribution in [0.5, 0.6) is 17.4 Å². The van der Waals surface area contributed by atoms with Crippen molar-refractivity contribution in [3.8, 4) is 17.4 Å². The molecule has 1 aromatic heterocycles. The number of nitrogens with zero attached hydrogens (tertiary/aromatic N) is 1. The summed E-state index contributed by atoms with van der Waals surface area (Å²) in [6.45, 7) is 0. The Morgan fingerprint density at radius 3 is 3.00 bits per heavy atom. The fraction of sp³-hybridized carbons (Fsp3) is 0.143. The molecule has 0 saturated heterocycles. The largest absolute Gasteiger partial charge is 0.478 e. The van der Waals surface area contributed by atoms with E-state index >= 15 is 0 Å². The molecule has 108 valence electrons. The Bertz CT molecular complexity index is 722. The normalized spacial score (nSPS) is 16.2. The predicted octanol–water partition coefficient (Wildman–Crippen LogP) is 3.16. The van der Waals surface area contributed by atoms with Gasteiger partial charge in [-0.15, -0.1) is 0 Å². The summed E-state index contributed by atoms with van der Waals surface area (Å²) in [5.74, 6) is -1.03. The van der Waals surface area contributed by atoms with Gasteiger partial charge in [-0.05, 0) is 33.6 Å². The maximum absolute atomic E-state index is 13.7. The van der Waals surface area contributed by atoms with Gasteiger partial charge < -0.3 is 14.6 Å². The predicted molar refractivity (Wildman–Crippen MR) is 74.2 cm³/mol. The minimum Gasteiger partial charge on any atom is -0.478 e. The molecule has 0 amide bonds. The number of carboxylic acid groups (broad SMARTS) is 1. The van der Waals surface area contributed by atoms with Crippen LogP contribution in [0.1, 0.15) is 5.56 Å². The summed E-state index contributed by atoms with van der Waals surface area (Å²) >= 11 is 3.11. The molecule has 1 aliphatic rings. The topological polar surface area (TPSA) is 68.7 Å². The molecule has 1 atom stereocenters. The van der Waals surface area contributed by atoms with Gasteiger partial charge in [-0.2, -0.15) is 0 Å². The first-order chi connectivity index (χ1) is 10.0. The zero-order valence-electron chi connectivity index (χ0n) is 10.5. The third kappa shape index (κ3) is 2.82. The molecule has 1 unspecified atom stereocenters. The number of carbonyl (C=O) groups is 1. The second kappa shape index (κ2) is 5.33. The molecule has 0 fully saturated rings. The minimum atomic E-state index is -1.02. The molecule has 21 heavy (non-hydrogen) atoms. The van der Waals surface area contributed by atoms with Crippen LogP contribution in [0.25, 0.3) is 0 Å². The van der Waals surface area contributed by atoms with Crippen LogP contribution in [0, 0.1) is 5.82 Å². The number of rotatable bonds is 3. The lowest BCUT2D eigenvalue weighted by molar-refractivity contribution is -0.144. The van der Waals surface area contributed by atoms with Gasteiger partial charge >= 0.3 is 5.97 Å². The number of fused-ring (bicyclic) bond motifs is 1. The Balaban J connectivity index is 1.83. The summed E-state index contributed by atoms with van der Waals surface area (Å²) < 4.78 is 24.8. The SMILES string of the molecule is O=C(O)C1Cc2ccc(Oc3ncc(Br)cc3F)cc2O1. The molecule has 1 aliphatic heterocycles. The molecule has 5 nitrogen and oxygen atoms in total. The van der Waals surface area contributed by atoms with Crippen molar-refractivity contribution >= 4 is 21.9 Å². The summed E-state index contributed by atoms with van der Waals surface area (Å²) in [4.78, 5) is 14.7. The van der Waals surface area contributed by atoms with Gasteiger partial charge in [0.05, 0.1) is 0 Å². The molecular formula is C14H9BrFNO4. The molecule has 1 aromatic carbocycles. The molecule has 0 spiro atoms. The zero-order chi connectivity index (χ0) is 15.0. The van der Waals surface area contributed by atoms with Crippen molar-refractivity contribution in [1.29, 1.82) is 0 Å². The van der Waals surface area contributed by atoms with E-state index in [1.165, 1.54) is 18.3 Å². The second-order valence-corrected chi connectivity index (χ2v) is 5.38. The molecule has 0 saturated carbocycles. The number of aromatic nitrogens is 1. The fourth-order valence-corrected chi connectivity index (χ4v) is 2.30. The van der Waals surface area contributed by atoms with Gasteiger partial charge in [-0.1, -0.05) is 6.07 Å². The number of ether oxygens (including phenoxy) is 2. The molecule has 2 aromatic rings. The Morgan fingerprint density at radius 1 is 1.48 bits per heavy atom. The maximum Gasteiger partial charge on any atom is 0.345 e. The Labute approximate surface area is 127 Å². The van der Waals surface area contributed by atoms with Crippen molar-refractivity contribution in [1.82, 2.24) is 4.98 Å². The van der Waals surface area contributed by atoms with Crippen molar-refractivity contribution in [2.75, 3.05) is 0 Å². The van der Waals surface area contributed by atoms with Gasteiger partial charge in [0.2, 0.25) is 0 Å². The van der Waals surface area contributed by atoms with E-state index in [1.807, 2.05) is 0 Å². The highest BCUT2D eigenvalue weighted by atomic mass is 79.9. The molecule has 2 heterocycles. The third-order valence-corrected chi connectivity index (χ3v) is 3.41. The van der Waals surface area contributed by atoms with Crippen LogP contribution in [-0.4, -0.2) is 22.2 Å².